The van der Waals surface area contributed by atoms with Crippen molar-refractivity contribution in [3.63, 3.8) is 0 Å². The minimum absolute atomic E-state index is 0.230. The van der Waals surface area contributed by atoms with Crippen molar-refractivity contribution in [2.45, 2.75) is 38.8 Å². The first kappa shape index (κ1) is 21.4. The average Bonchev–Trinajstić information content (AvgIpc) is 3.22. The maximum Gasteiger partial charge on any atom is 0.327 e. The number of hydrogen-bond acceptors (Lipinski definition) is 5. The number of nitrogens with zero attached hydrogens (tertiary/aromatic N) is 4. The number of aliphatic carboxylic acids is 1. The van der Waals surface area contributed by atoms with Crippen LogP contribution in [0.3, 0.4) is 0 Å². The molecule has 164 valence electrons. The fourth-order valence-corrected chi connectivity index (χ4v) is 4.14. The maximum atomic E-state index is 13.0. The van der Waals surface area contributed by atoms with Gasteiger partial charge in [0.2, 0.25) is 5.78 Å². The van der Waals surface area contributed by atoms with Crippen LogP contribution < -0.4 is 15.8 Å². The van der Waals surface area contributed by atoms with Crippen molar-refractivity contribution in [2.75, 3.05) is 24.5 Å². The third-order valence-electron chi connectivity index (χ3n) is 5.64. The van der Waals surface area contributed by atoms with Gasteiger partial charge in [-0.05, 0) is 18.6 Å². The zero-order valence-electron chi connectivity index (χ0n) is 17.4. The van der Waals surface area contributed by atoms with E-state index in [2.05, 4.69) is 12.2 Å². The summed E-state index contributed by atoms with van der Waals surface area (Å²) < 4.78 is 3.52. The van der Waals surface area contributed by atoms with E-state index >= 15 is 0 Å². The summed E-state index contributed by atoms with van der Waals surface area (Å²) >= 11 is 6.01. The number of anilines is 1. The average molecular weight is 444 g/mol. The summed E-state index contributed by atoms with van der Waals surface area (Å²) in [6.45, 7) is 4.27. The highest BCUT2D eigenvalue weighted by atomic mass is 35.5. The van der Waals surface area contributed by atoms with Gasteiger partial charge < -0.3 is 15.3 Å². The summed E-state index contributed by atoms with van der Waals surface area (Å²) in [5.41, 5.74) is 1.30. The van der Waals surface area contributed by atoms with E-state index in [-0.39, 0.29) is 5.56 Å². The molecule has 2 aromatic heterocycles. The summed E-state index contributed by atoms with van der Waals surface area (Å²) in [4.78, 5) is 31.5. The molecule has 1 aliphatic heterocycles. The zero-order chi connectivity index (χ0) is 22.0. The molecule has 0 saturated carbocycles. The first-order valence-corrected chi connectivity index (χ1v) is 11.0. The monoisotopic (exact) mass is 443 g/mol. The molecule has 4 rings (SSSR count). The summed E-state index contributed by atoms with van der Waals surface area (Å²) in [5, 5.41) is 13.5. The van der Waals surface area contributed by atoms with Crippen molar-refractivity contribution >= 4 is 29.2 Å². The topological polar surface area (TPSA) is 91.9 Å². The van der Waals surface area contributed by atoms with E-state index in [1.165, 1.54) is 10.5 Å². The van der Waals surface area contributed by atoms with Gasteiger partial charge in [0.1, 0.15) is 11.9 Å². The van der Waals surface area contributed by atoms with Crippen LogP contribution in [0.4, 0.5) is 5.82 Å². The minimum atomic E-state index is -0.912. The van der Waals surface area contributed by atoms with Gasteiger partial charge in [0.15, 0.2) is 0 Å². The molecule has 1 atom stereocenters. The largest absolute Gasteiger partial charge is 0.480 e. The standard InChI is InChI=1S/C22H26ClN5O3/c1-2-3-4-10-27-19(26-11-9-24-13-18(26)21(30)31)12-20(29)28-14-17(25-22(27)28)15-5-7-16(23)8-6-15/h5-8,12,14,18,24H,2-4,9-11,13H2,1H3,(H,30,31)/t18-/m1/s1. The highest BCUT2D eigenvalue weighted by Gasteiger charge is 2.31. The van der Waals surface area contributed by atoms with E-state index in [1.54, 1.807) is 18.3 Å². The number of unbranched alkanes of at least 4 members (excludes halogenated alkanes) is 2. The van der Waals surface area contributed by atoms with Crippen LogP contribution in [0.1, 0.15) is 26.2 Å². The Bertz CT molecular complexity index is 1140. The van der Waals surface area contributed by atoms with Gasteiger partial charge in [-0.25, -0.2) is 9.78 Å². The number of piperazine rings is 1. The van der Waals surface area contributed by atoms with Gasteiger partial charge in [0.25, 0.3) is 5.56 Å². The second-order valence-electron chi connectivity index (χ2n) is 7.75. The number of fused-ring (bicyclic) bond motifs is 1. The zero-order valence-corrected chi connectivity index (χ0v) is 18.2. The molecule has 0 aliphatic carbocycles. The van der Waals surface area contributed by atoms with Crippen LogP contribution in [0.15, 0.2) is 41.3 Å². The van der Waals surface area contributed by atoms with Gasteiger partial charge in [-0.3, -0.25) is 13.8 Å². The number of benzene rings is 1. The Labute approximate surface area is 185 Å². The molecule has 1 aromatic carbocycles. The molecule has 0 radical (unpaired) electrons. The molecule has 3 aromatic rings. The number of halogens is 1. The van der Waals surface area contributed by atoms with Crippen LogP contribution in [-0.2, 0) is 11.3 Å². The number of aromatic nitrogens is 3. The Balaban J connectivity index is 1.86. The normalized spacial score (nSPS) is 16.7. The number of hydrogen-bond donors (Lipinski definition) is 2. The molecule has 31 heavy (non-hydrogen) atoms. The number of nitrogens with one attached hydrogen (secondary N) is 1. The van der Waals surface area contributed by atoms with E-state index in [0.29, 0.717) is 48.5 Å². The van der Waals surface area contributed by atoms with Crippen molar-refractivity contribution in [2.24, 2.45) is 0 Å². The van der Waals surface area contributed by atoms with E-state index in [1.807, 2.05) is 21.6 Å². The minimum Gasteiger partial charge on any atom is -0.480 e. The van der Waals surface area contributed by atoms with Gasteiger partial charge in [0, 0.05) is 49.0 Å². The van der Waals surface area contributed by atoms with E-state index in [4.69, 9.17) is 16.6 Å². The van der Waals surface area contributed by atoms with Gasteiger partial charge >= 0.3 is 5.97 Å². The lowest BCUT2D eigenvalue weighted by Gasteiger charge is -2.36. The number of carbonyl (C=O) groups is 1. The second-order valence-corrected chi connectivity index (χ2v) is 8.19. The van der Waals surface area contributed by atoms with Gasteiger partial charge in [-0.1, -0.05) is 43.5 Å². The number of aryl methyl sites for hydroxylation is 1. The van der Waals surface area contributed by atoms with Crippen LogP contribution in [0, 0.1) is 0 Å². The first-order valence-electron chi connectivity index (χ1n) is 10.6. The Hall–Kier alpha value is -2.84. The van der Waals surface area contributed by atoms with E-state index in [9.17, 15) is 14.7 Å². The third-order valence-corrected chi connectivity index (χ3v) is 5.90. The molecule has 0 bridgehead atoms. The molecule has 0 spiro atoms. The molecule has 0 unspecified atom stereocenters. The van der Waals surface area contributed by atoms with Crippen molar-refractivity contribution in [3.8, 4) is 11.3 Å². The molecular weight excluding hydrogens is 418 g/mol. The first-order chi connectivity index (χ1) is 15.0. The quantitative estimate of drug-likeness (QED) is 0.545. The molecule has 3 heterocycles. The number of rotatable bonds is 7. The Morgan fingerprint density at radius 2 is 2.06 bits per heavy atom. The van der Waals surface area contributed by atoms with Crippen LogP contribution in [0.2, 0.25) is 5.02 Å². The number of imidazole rings is 1. The lowest BCUT2D eigenvalue weighted by Crippen LogP contribution is -2.56. The molecule has 1 saturated heterocycles. The third kappa shape index (κ3) is 4.31. The van der Waals surface area contributed by atoms with Gasteiger partial charge in [-0.15, -0.1) is 0 Å². The summed E-state index contributed by atoms with van der Waals surface area (Å²) in [6.07, 6.45) is 4.73. The Morgan fingerprint density at radius 3 is 2.77 bits per heavy atom. The molecule has 1 aliphatic rings. The summed E-state index contributed by atoms with van der Waals surface area (Å²) in [7, 11) is 0. The lowest BCUT2D eigenvalue weighted by molar-refractivity contribution is -0.138. The Kier molecular flexibility index (Phi) is 6.29. The SMILES string of the molecule is CCCCCn1c(N2CCNC[C@@H]2C(=O)O)cc(=O)n2cc(-c3ccc(Cl)cc3)nc12. The lowest BCUT2D eigenvalue weighted by atomic mass is 10.2. The van der Waals surface area contributed by atoms with E-state index < -0.39 is 12.0 Å². The summed E-state index contributed by atoms with van der Waals surface area (Å²) in [5.74, 6) is 0.215. The van der Waals surface area contributed by atoms with Crippen molar-refractivity contribution in [1.82, 2.24) is 19.3 Å². The fourth-order valence-electron chi connectivity index (χ4n) is 4.01. The van der Waals surface area contributed by atoms with E-state index in [0.717, 1.165) is 24.8 Å². The van der Waals surface area contributed by atoms with Gasteiger partial charge in [0.05, 0.1) is 5.69 Å². The predicted octanol–water partition coefficient (Wildman–Crippen LogP) is 2.87. The number of carboxylic acids is 1. The molecule has 9 heteroatoms. The van der Waals surface area contributed by atoms with Crippen LogP contribution in [0.25, 0.3) is 17.0 Å². The van der Waals surface area contributed by atoms with Crippen molar-refractivity contribution < 1.29 is 9.90 Å². The molecule has 1 fully saturated rings. The van der Waals surface area contributed by atoms with Crippen molar-refractivity contribution in [3.05, 3.63) is 51.9 Å². The van der Waals surface area contributed by atoms with Crippen LogP contribution in [-0.4, -0.2) is 50.7 Å². The Morgan fingerprint density at radius 1 is 1.29 bits per heavy atom. The summed E-state index contributed by atoms with van der Waals surface area (Å²) in [6, 6.07) is 8.11. The van der Waals surface area contributed by atoms with Crippen LogP contribution in [0.5, 0.6) is 0 Å². The number of carboxylic acid groups (broad SMARTS) is 1. The van der Waals surface area contributed by atoms with Crippen LogP contribution >= 0.6 is 11.6 Å². The smallest absolute Gasteiger partial charge is 0.327 e. The fraction of sp³-hybridized carbons (Fsp3) is 0.409. The molecule has 2 N–H and O–H groups in total. The van der Waals surface area contributed by atoms with Crippen molar-refractivity contribution in [1.29, 1.82) is 0 Å². The highest BCUT2D eigenvalue weighted by molar-refractivity contribution is 6.30. The highest BCUT2D eigenvalue weighted by Crippen LogP contribution is 2.25. The second kappa shape index (κ2) is 9.11. The predicted molar refractivity (Wildman–Crippen MR) is 121 cm³/mol. The van der Waals surface area contributed by atoms with Gasteiger partial charge in [-0.2, -0.15) is 0 Å². The molecule has 0 amide bonds. The molecular formula is C22H26ClN5O3. The molecule has 8 nitrogen and oxygen atoms in total. The maximum absolute atomic E-state index is 13.0.